The molecule has 0 saturated carbocycles. The van der Waals surface area contributed by atoms with Crippen molar-refractivity contribution in [3.8, 4) is 0 Å². The predicted octanol–water partition coefficient (Wildman–Crippen LogP) is 4.19. The monoisotopic (exact) mass is 374 g/mol. The molecule has 0 amide bonds. The van der Waals surface area contributed by atoms with E-state index in [4.69, 9.17) is 14.2 Å². The zero-order chi connectivity index (χ0) is 19.0. The smallest absolute Gasteiger partial charge is 0.184 e. The molecule has 1 saturated heterocycles. The number of rotatable bonds is 17. The van der Waals surface area contributed by atoms with Crippen LogP contribution in [0.15, 0.2) is 0 Å². The summed E-state index contributed by atoms with van der Waals surface area (Å²) in [5, 5.41) is 19.6. The average Bonchev–Trinajstić information content (AvgIpc) is 2.95. The van der Waals surface area contributed by atoms with Gasteiger partial charge in [-0.1, -0.05) is 78.1 Å². The molecule has 1 aliphatic rings. The second kappa shape index (κ2) is 15.8. The summed E-state index contributed by atoms with van der Waals surface area (Å²) in [7, 11) is 0. The Kier molecular flexibility index (Phi) is 14.5. The molecule has 0 aromatic rings. The fourth-order valence-corrected chi connectivity index (χ4v) is 3.44. The minimum absolute atomic E-state index is 0.158. The Morgan fingerprint density at radius 1 is 0.692 bits per heavy atom. The zero-order valence-corrected chi connectivity index (χ0v) is 17.0. The highest BCUT2D eigenvalue weighted by molar-refractivity contribution is 4.88. The van der Waals surface area contributed by atoms with Crippen LogP contribution in [-0.2, 0) is 14.2 Å². The van der Waals surface area contributed by atoms with Gasteiger partial charge in [-0.15, -0.1) is 0 Å². The molecule has 0 aliphatic carbocycles. The van der Waals surface area contributed by atoms with Crippen LogP contribution in [0.2, 0.25) is 0 Å². The first-order chi connectivity index (χ1) is 12.7. The van der Waals surface area contributed by atoms with Crippen molar-refractivity contribution < 1.29 is 24.4 Å². The van der Waals surface area contributed by atoms with Crippen molar-refractivity contribution in [1.29, 1.82) is 0 Å². The van der Waals surface area contributed by atoms with Gasteiger partial charge in [-0.25, -0.2) is 0 Å². The summed E-state index contributed by atoms with van der Waals surface area (Å²) in [5.41, 5.74) is 0. The maximum absolute atomic E-state index is 10.1. The Labute approximate surface area is 160 Å². The van der Waals surface area contributed by atoms with Crippen molar-refractivity contribution >= 4 is 0 Å². The van der Waals surface area contributed by atoms with E-state index >= 15 is 0 Å². The molecule has 0 unspecified atom stereocenters. The molecule has 0 bridgehead atoms. The van der Waals surface area contributed by atoms with Crippen LogP contribution in [0.25, 0.3) is 0 Å². The quantitative estimate of drug-likeness (QED) is 0.374. The van der Waals surface area contributed by atoms with Gasteiger partial charge in [0, 0.05) is 13.2 Å². The number of unbranched alkanes of at least 4 members (excludes halogenated alkanes) is 10. The number of ether oxygens (including phenoxy) is 3. The van der Waals surface area contributed by atoms with Gasteiger partial charge in [0.1, 0.15) is 18.3 Å². The van der Waals surface area contributed by atoms with Gasteiger partial charge in [-0.3, -0.25) is 0 Å². The Hall–Kier alpha value is -0.200. The van der Waals surface area contributed by atoms with Gasteiger partial charge in [0.25, 0.3) is 0 Å². The Morgan fingerprint density at radius 2 is 1.15 bits per heavy atom. The molecule has 5 nitrogen and oxygen atoms in total. The Morgan fingerprint density at radius 3 is 1.65 bits per heavy atom. The SMILES string of the molecule is CCCCCCCCO[C@@H]1[C@H](OCCCCCCCC)[C@@H](CO)O[C@@H]1O. The first kappa shape index (κ1) is 23.8. The summed E-state index contributed by atoms with van der Waals surface area (Å²) in [6.45, 7) is 5.50. The van der Waals surface area contributed by atoms with Gasteiger partial charge < -0.3 is 24.4 Å². The van der Waals surface area contributed by atoms with Gasteiger partial charge in [0.2, 0.25) is 0 Å². The van der Waals surface area contributed by atoms with Gasteiger partial charge in [-0.05, 0) is 12.8 Å². The lowest BCUT2D eigenvalue weighted by atomic mass is 10.1. The lowest BCUT2D eigenvalue weighted by Crippen LogP contribution is -2.39. The second-order valence-electron chi connectivity index (χ2n) is 7.45. The Bertz CT molecular complexity index is 313. The maximum atomic E-state index is 10.1. The van der Waals surface area contributed by atoms with Gasteiger partial charge in [-0.2, -0.15) is 0 Å². The molecule has 0 aromatic heterocycles. The molecule has 4 atom stereocenters. The zero-order valence-electron chi connectivity index (χ0n) is 17.0. The van der Waals surface area contributed by atoms with Crippen LogP contribution in [0.1, 0.15) is 90.9 Å². The molecule has 1 fully saturated rings. The van der Waals surface area contributed by atoms with Crippen LogP contribution in [0.5, 0.6) is 0 Å². The molecule has 0 aromatic carbocycles. The van der Waals surface area contributed by atoms with Crippen LogP contribution >= 0.6 is 0 Å². The van der Waals surface area contributed by atoms with E-state index in [1.807, 2.05) is 0 Å². The van der Waals surface area contributed by atoms with Crippen molar-refractivity contribution in [2.24, 2.45) is 0 Å². The minimum Gasteiger partial charge on any atom is -0.394 e. The molecule has 1 heterocycles. The molecular formula is C21H42O5. The third-order valence-corrected chi connectivity index (χ3v) is 5.08. The third kappa shape index (κ3) is 9.65. The highest BCUT2D eigenvalue weighted by Crippen LogP contribution is 2.26. The van der Waals surface area contributed by atoms with E-state index in [9.17, 15) is 10.2 Å². The number of hydrogen-bond acceptors (Lipinski definition) is 5. The molecule has 0 spiro atoms. The first-order valence-corrected chi connectivity index (χ1v) is 10.9. The second-order valence-corrected chi connectivity index (χ2v) is 7.45. The molecular weight excluding hydrogens is 332 g/mol. The standard InChI is InChI=1S/C21H42O5/c1-3-5-7-9-11-13-15-24-19-18(17-22)26-21(23)20(19)25-16-14-12-10-8-6-4-2/h18-23H,3-17H2,1-2H3/t18-,19-,20-,21+/m1/s1. The van der Waals surface area contributed by atoms with Crippen molar-refractivity contribution in [3.05, 3.63) is 0 Å². The van der Waals surface area contributed by atoms with Crippen molar-refractivity contribution in [2.45, 2.75) is 115 Å². The molecule has 156 valence electrons. The maximum Gasteiger partial charge on any atom is 0.184 e. The highest BCUT2D eigenvalue weighted by atomic mass is 16.7. The van der Waals surface area contributed by atoms with Crippen LogP contribution in [-0.4, -0.2) is 54.6 Å². The molecule has 1 rings (SSSR count). The molecule has 0 radical (unpaired) electrons. The van der Waals surface area contributed by atoms with E-state index in [1.165, 1.54) is 51.4 Å². The summed E-state index contributed by atoms with van der Waals surface area (Å²) in [6, 6.07) is 0. The Balaban J connectivity index is 2.23. The third-order valence-electron chi connectivity index (χ3n) is 5.08. The molecule has 1 aliphatic heterocycles. The van der Waals surface area contributed by atoms with Crippen LogP contribution in [0, 0.1) is 0 Å². The molecule has 2 N–H and O–H groups in total. The lowest BCUT2D eigenvalue weighted by molar-refractivity contribution is -0.148. The van der Waals surface area contributed by atoms with Crippen molar-refractivity contribution in [1.82, 2.24) is 0 Å². The summed E-state index contributed by atoms with van der Waals surface area (Å²) in [6.07, 6.45) is 12.0. The minimum atomic E-state index is -1.01. The van der Waals surface area contributed by atoms with Crippen molar-refractivity contribution in [2.75, 3.05) is 19.8 Å². The van der Waals surface area contributed by atoms with Crippen molar-refractivity contribution in [3.63, 3.8) is 0 Å². The topological polar surface area (TPSA) is 68.2 Å². The van der Waals surface area contributed by atoms with Gasteiger partial charge in [0.15, 0.2) is 6.29 Å². The largest absolute Gasteiger partial charge is 0.394 e. The van der Waals surface area contributed by atoms with E-state index in [2.05, 4.69) is 13.8 Å². The molecule has 5 heteroatoms. The summed E-state index contributed by atoms with van der Waals surface area (Å²) in [4.78, 5) is 0. The summed E-state index contributed by atoms with van der Waals surface area (Å²) < 4.78 is 17.2. The van der Waals surface area contributed by atoms with Crippen LogP contribution in [0.4, 0.5) is 0 Å². The van der Waals surface area contributed by atoms with E-state index in [-0.39, 0.29) is 12.7 Å². The van der Waals surface area contributed by atoms with Gasteiger partial charge >= 0.3 is 0 Å². The number of aliphatic hydroxyl groups is 2. The van der Waals surface area contributed by atoms with E-state index < -0.39 is 18.5 Å². The fourth-order valence-electron chi connectivity index (χ4n) is 3.44. The summed E-state index contributed by atoms with van der Waals surface area (Å²) >= 11 is 0. The first-order valence-electron chi connectivity index (χ1n) is 10.9. The lowest BCUT2D eigenvalue weighted by Gasteiger charge is -2.23. The predicted molar refractivity (Wildman–Crippen MR) is 104 cm³/mol. The van der Waals surface area contributed by atoms with E-state index in [0.29, 0.717) is 13.2 Å². The highest BCUT2D eigenvalue weighted by Gasteiger charge is 2.45. The summed E-state index contributed by atoms with van der Waals surface area (Å²) in [5.74, 6) is 0. The molecule has 26 heavy (non-hydrogen) atoms. The van der Waals surface area contributed by atoms with Crippen LogP contribution in [0.3, 0.4) is 0 Å². The average molecular weight is 375 g/mol. The fraction of sp³-hybridized carbons (Fsp3) is 1.00. The normalized spacial score (nSPS) is 25.8. The number of aliphatic hydroxyl groups excluding tert-OH is 2. The number of hydrogen-bond donors (Lipinski definition) is 2. The van der Waals surface area contributed by atoms with E-state index in [1.54, 1.807) is 0 Å². The van der Waals surface area contributed by atoms with Gasteiger partial charge in [0.05, 0.1) is 6.61 Å². The van der Waals surface area contributed by atoms with E-state index in [0.717, 1.165) is 25.7 Å². The van der Waals surface area contributed by atoms with Crippen LogP contribution < -0.4 is 0 Å².